The van der Waals surface area contributed by atoms with E-state index in [0.29, 0.717) is 52.3 Å². The third-order valence-corrected chi connectivity index (χ3v) is 9.84. The van der Waals surface area contributed by atoms with E-state index in [1.807, 2.05) is 79.7 Å². The van der Waals surface area contributed by atoms with Crippen LogP contribution in [0, 0.1) is 6.92 Å². The van der Waals surface area contributed by atoms with Gasteiger partial charge in [0.05, 0.1) is 70.3 Å². The molecule has 2 heterocycles. The van der Waals surface area contributed by atoms with Crippen LogP contribution in [0.5, 0.6) is 5.75 Å². The van der Waals surface area contributed by atoms with E-state index in [1.54, 1.807) is 36.9 Å². The van der Waals surface area contributed by atoms with Crippen molar-refractivity contribution in [2.75, 3.05) is 10.6 Å². The third kappa shape index (κ3) is 8.62. The summed E-state index contributed by atoms with van der Waals surface area (Å²) < 4.78 is 5.95. The van der Waals surface area contributed by atoms with Gasteiger partial charge in [-0.2, -0.15) is 0 Å². The van der Waals surface area contributed by atoms with E-state index < -0.39 is 11.9 Å². The average molecular weight is 733 g/mol. The van der Waals surface area contributed by atoms with Gasteiger partial charge in [0.25, 0.3) is 0 Å². The predicted octanol–water partition coefficient (Wildman–Crippen LogP) is 9.78. The molecule has 0 bridgehead atoms. The molecule has 0 unspecified atom stereocenters. The van der Waals surface area contributed by atoms with Crippen LogP contribution in [0.2, 0.25) is 0 Å². The molecule has 4 N–H and O–H groups in total. The number of carboxylic acids is 2. The van der Waals surface area contributed by atoms with Crippen molar-refractivity contribution >= 4 is 34.7 Å². The Hall–Kier alpha value is -6.62. The Morgan fingerprint density at radius 2 is 1.05 bits per heavy atom. The third-order valence-electron chi connectivity index (χ3n) is 9.84. The maximum Gasteiger partial charge on any atom is 0.337 e. The Labute approximate surface area is 318 Å². The van der Waals surface area contributed by atoms with Crippen molar-refractivity contribution in [1.82, 2.24) is 19.9 Å². The highest BCUT2D eigenvalue weighted by molar-refractivity contribution is 5.96. The maximum absolute atomic E-state index is 11.7. The lowest BCUT2D eigenvalue weighted by Gasteiger charge is -2.12. The first-order valence-corrected chi connectivity index (χ1v) is 18.5. The highest BCUT2D eigenvalue weighted by Gasteiger charge is 2.27. The lowest BCUT2D eigenvalue weighted by molar-refractivity contribution is 0.0687. The number of nitrogens with one attached hydrogen (secondary N) is 2. The van der Waals surface area contributed by atoms with Crippen LogP contribution in [-0.2, 0) is 0 Å². The van der Waals surface area contributed by atoms with Crippen molar-refractivity contribution in [2.24, 2.45) is 0 Å². The fourth-order valence-corrected chi connectivity index (χ4v) is 6.35. The van der Waals surface area contributed by atoms with E-state index in [2.05, 4.69) is 30.6 Å². The minimum Gasteiger partial charge on any atom is -0.490 e. The lowest BCUT2D eigenvalue weighted by Crippen LogP contribution is -2.04. The number of ether oxygens (including phenoxy) is 1. The van der Waals surface area contributed by atoms with Gasteiger partial charge in [0.15, 0.2) is 11.6 Å². The number of hydrogen-bond acceptors (Lipinski definition) is 9. The highest BCUT2D eigenvalue weighted by Crippen LogP contribution is 2.42. The molecule has 3 fully saturated rings. The van der Waals surface area contributed by atoms with Gasteiger partial charge in [-0.25, -0.2) is 29.5 Å². The molecule has 9 rings (SSSR count). The van der Waals surface area contributed by atoms with Gasteiger partial charge in [0.1, 0.15) is 5.75 Å². The number of hydrogen-bond donors (Lipinski definition) is 4. The number of rotatable bonds is 12. The van der Waals surface area contributed by atoms with Crippen molar-refractivity contribution < 1.29 is 24.5 Å². The van der Waals surface area contributed by atoms with E-state index in [1.165, 1.54) is 0 Å². The molecule has 2 aromatic heterocycles. The standard InChI is InChI=1S/C23H21N3O3.C21H19N3O2/c27-23(28)19-11-15(14-5-6-14)7-10-20(19)26-16-12-24-22(25-13-16)18-3-1-2-4-21(18)29-17-8-9-17;1-13-4-2-3-5-17(13)20-22-11-16(12-23-20)24-19-9-8-15(14-6-7-14)10-18(19)21(25)26/h1-4,7,10-14,17,26H,5-6,8-9H2,(H,27,28);2-5,8-12,14,24H,6-7H2,1H3,(H,25,26). The fraction of sp³-hybridized carbons (Fsp3) is 0.227. The van der Waals surface area contributed by atoms with E-state index in [-0.39, 0.29) is 11.1 Å². The molecule has 3 saturated carbocycles. The fourth-order valence-electron chi connectivity index (χ4n) is 6.35. The van der Waals surface area contributed by atoms with Crippen molar-refractivity contribution in [3.8, 4) is 28.5 Å². The molecular weight excluding hydrogens is 693 g/mol. The van der Waals surface area contributed by atoms with Gasteiger partial charge in [-0.3, -0.25) is 0 Å². The second-order valence-corrected chi connectivity index (χ2v) is 14.2. The molecule has 3 aliphatic rings. The SMILES string of the molecule is Cc1ccccc1-c1ncc(Nc2ccc(C3CC3)cc2C(=O)O)cn1.O=C(O)c1cc(C2CC2)ccc1Nc1cnc(-c2ccccc2OC2CC2)nc1. The first-order valence-electron chi connectivity index (χ1n) is 18.5. The number of benzene rings is 4. The van der Waals surface area contributed by atoms with Crippen LogP contribution in [0.1, 0.15) is 87.8 Å². The van der Waals surface area contributed by atoms with Crippen LogP contribution < -0.4 is 15.4 Å². The van der Waals surface area contributed by atoms with Crippen LogP contribution in [0.25, 0.3) is 22.8 Å². The molecule has 3 aliphatic carbocycles. The monoisotopic (exact) mass is 732 g/mol. The lowest BCUT2D eigenvalue weighted by atomic mass is 10.0. The zero-order valence-corrected chi connectivity index (χ0v) is 30.3. The summed E-state index contributed by atoms with van der Waals surface area (Å²) in [6, 6.07) is 26.9. The Balaban J connectivity index is 0.000000156. The van der Waals surface area contributed by atoms with Crippen LogP contribution in [0.3, 0.4) is 0 Å². The molecule has 0 radical (unpaired) electrons. The highest BCUT2D eigenvalue weighted by atomic mass is 16.5. The summed E-state index contributed by atoms with van der Waals surface area (Å²) in [5, 5.41) is 25.4. The van der Waals surface area contributed by atoms with Crippen LogP contribution >= 0.6 is 0 Å². The number of carboxylic acid groups (broad SMARTS) is 2. The maximum atomic E-state index is 11.7. The molecule has 0 spiro atoms. The van der Waals surface area contributed by atoms with Gasteiger partial charge in [-0.15, -0.1) is 0 Å². The summed E-state index contributed by atoms with van der Waals surface area (Å²) in [4.78, 5) is 41.1. The van der Waals surface area contributed by atoms with Crippen molar-refractivity contribution in [3.63, 3.8) is 0 Å². The predicted molar refractivity (Wildman–Crippen MR) is 211 cm³/mol. The zero-order chi connectivity index (χ0) is 37.9. The number of aromatic nitrogens is 4. The summed E-state index contributed by atoms with van der Waals surface area (Å²) in [6.45, 7) is 2.02. The molecule has 0 aliphatic heterocycles. The molecule has 11 heteroatoms. The Morgan fingerprint density at radius 3 is 1.51 bits per heavy atom. The van der Waals surface area contributed by atoms with Crippen molar-refractivity contribution in [2.45, 2.75) is 63.4 Å². The number of para-hydroxylation sites is 1. The van der Waals surface area contributed by atoms with Gasteiger partial charge >= 0.3 is 11.9 Å². The van der Waals surface area contributed by atoms with Gasteiger partial charge in [0, 0.05) is 5.56 Å². The molecule has 0 atom stereocenters. The summed E-state index contributed by atoms with van der Waals surface area (Å²) in [7, 11) is 0. The molecule has 11 nitrogen and oxygen atoms in total. The molecule has 6 aromatic rings. The molecular formula is C44H40N6O5. The van der Waals surface area contributed by atoms with E-state index in [4.69, 9.17) is 4.74 Å². The van der Waals surface area contributed by atoms with Gasteiger partial charge in [0.2, 0.25) is 0 Å². The summed E-state index contributed by atoms with van der Waals surface area (Å²) in [5.41, 5.74) is 8.05. The van der Waals surface area contributed by atoms with Crippen molar-refractivity contribution in [3.05, 3.63) is 138 Å². The number of aryl methyl sites for hydroxylation is 1. The number of anilines is 4. The van der Waals surface area contributed by atoms with Crippen molar-refractivity contribution in [1.29, 1.82) is 0 Å². The topological polar surface area (TPSA) is 159 Å². The van der Waals surface area contributed by atoms with Gasteiger partial charge in [-0.05, 0) is 110 Å². The Bertz CT molecular complexity index is 2350. The molecule has 0 amide bonds. The summed E-state index contributed by atoms with van der Waals surface area (Å²) in [5.74, 6) is 1.15. The minimum absolute atomic E-state index is 0.265. The largest absolute Gasteiger partial charge is 0.490 e. The van der Waals surface area contributed by atoms with Crippen LogP contribution in [0.4, 0.5) is 22.7 Å². The Kier molecular flexibility index (Phi) is 9.91. The van der Waals surface area contributed by atoms with Gasteiger partial charge < -0.3 is 25.6 Å². The van der Waals surface area contributed by atoms with Crippen LogP contribution in [0.15, 0.2) is 110 Å². The molecule has 4 aromatic carbocycles. The number of aromatic carboxylic acids is 2. The average Bonchev–Trinajstić information content (AvgIpc) is 4.04. The molecule has 276 valence electrons. The van der Waals surface area contributed by atoms with Gasteiger partial charge in [-0.1, -0.05) is 48.5 Å². The summed E-state index contributed by atoms with van der Waals surface area (Å²) in [6.07, 6.45) is 13.7. The second-order valence-electron chi connectivity index (χ2n) is 14.2. The van der Waals surface area contributed by atoms with E-state index in [0.717, 1.165) is 72.1 Å². The smallest absolute Gasteiger partial charge is 0.337 e. The Morgan fingerprint density at radius 1 is 0.600 bits per heavy atom. The molecule has 0 saturated heterocycles. The number of carbonyl (C=O) groups is 2. The van der Waals surface area contributed by atoms with Crippen LogP contribution in [-0.4, -0.2) is 48.2 Å². The van der Waals surface area contributed by atoms with E-state index in [9.17, 15) is 19.8 Å². The first kappa shape index (κ1) is 35.4. The quantitative estimate of drug-likeness (QED) is 0.0948. The van der Waals surface area contributed by atoms with E-state index >= 15 is 0 Å². The molecule has 55 heavy (non-hydrogen) atoms. The first-order chi connectivity index (χ1) is 26.8. The normalized spacial score (nSPS) is 14.6. The zero-order valence-electron chi connectivity index (χ0n) is 30.3. The number of nitrogens with zero attached hydrogens (tertiary/aromatic N) is 4. The summed E-state index contributed by atoms with van der Waals surface area (Å²) >= 11 is 0. The minimum atomic E-state index is -0.946. The second kappa shape index (κ2) is 15.4.